The van der Waals surface area contributed by atoms with Crippen molar-refractivity contribution in [2.45, 2.75) is 13.8 Å². The molecular weight excluding hydrogens is 135 g/mol. The van der Waals surface area contributed by atoms with Gasteiger partial charge in [-0.05, 0) is 13.8 Å². The summed E-state index contributed by atoms with van der Waals surface area (Å²) in [6.45, 7) is 3.86. The van der Waals surface area contributed by atoms with Gasteiger partial charge in [0.25, 0.3) is 0 Å². The predicted molar refractivity (Wildman–Crippen MR) is 27.5 cm³/mol. The second-order valence-corrected chi connectivity index (χ2v) is 0.632. The first-order valence-electron chi connectivity index (χ1n) is 2.05. The van der Waals surface area contributed by atoms with Crippen LogP contribution in [-0.4, -0.2) is 28.9 Å². The molecule has 48 valence electrons. The molecule has 8 heavy (non-hydrogen) atoms. The predicted octanol–water partition coefficient (Wildman–Crippen LogP) is -3.18. The van der Waals surface area contributed by atoms with Crippen LogP contribution in [0.5, 0.6) is 0 Å². The van der Waals surface area contributed by atoms with Crippen LogP contribution in [0.3, 0.4) is 0 Å². The Labute approximate surface area is 92.8 Å². The largest absolute Gasteiger partial charge is 1.00 e. The van der Waals surface area contributed by atoms with Crippen molar-refractivity contribution in [3.05, 3.63) is 0 Å². The zero-order valence-electron chi connectivity index (χ0n) is 5.76. The molecule has 0 aliphatic rings. The molecule has 3 N–H and O–H groups in total. The molecule has 0 aliphatic carbocycles. The monoisotopic (exact) mass is 148 g/mol. The maximum absolute atomic E-state index is 7.57. The van der Waals surface area contributed by atoms with Gasteiger partial charge in [-0.3, -0.25) is 0 Å². The third kappa shape index (κ3) is 139. The van der Waals surface area contributed by atoms with E-state index in [9.17, 15) is 0 Å². The van der Waals surface area contributed by atoms with Gasteiger partial charge in [0.2, 0.25) is 0 Å². The topological polar surface area (TPSA) is 70.5 Å². The van der Waals surface area contributed by atoms with Crippen molar-refractivity contribution in [1.29, 1.82) is 0 Å². The van der Waals surface area contributed by atoms with E-state index in [2.05, 4.69) is 0 Å². The molecule has 0 radical (unpaired) electrons. The Morgan fingerprint density at radius 1 is 1.00 bits per heavy atom. The third-order valence-electron chi connectivity index (χ3n) is 0. The number of aliphatic hydroxyl groups is 2. The summed E-state index contributed by atoms with van der Waals surface area (Å²) < 4.78 is 0. The molecule has 0 fully saturated rings. The van der Waals surface area contributed by atoms with Crippen LogP contribution in [0.25, 0.3) is 0 Å². The van der Waals surface area contributed by atoms with Crippen molar-refractivity contribution in [3.8, 4) is 0 Å². The van der Waals surface area contributed by atoms with Gasteiger partial charge in [-0.15, -0.1) is 0 Å². The standard InChI is InChI=1S/2C2H6O.K.H2O/c2*1-2-3;;/h2*3H,2H2,1H3;;1H2/q;;+1;/p-1. The van der Waals surface area contributed by atoms with Crippen LogP contribution in [0.15, 0.2) is 0 Å². The average Bonchev–Trinajstić information content (AvgIpc) is 1.39. The Kier molecular flexibility index (Phi) is 110. The third-order valence-corrected chi connectivity index (χ3v) is 0. The maximum atomic E-state index is 7.57. The molecule has 0 heterocycles. The second kappa shape index (κ2) is 38.9. The first kappa shape index (κ1) is 22.7. The van der Waals surface area contributed by atoms with E-state index in [4.69, 9.17) is 10.2 Å². The summed E-state index contributed by atoms with van der Waals surface area (Å²) in [5, 5.41) is 15.1. The Bertz CT molecular complexity index is 13.2. The van der Waals surface area contributed by atoms with Gasteiger partial charge in [0.1, 0.15) is 0 Å². The summed E-state index contributed by atoms with van der Waals surface area (Å²) in [4.78, 5) is 0. The Balaban J connectivity index is -0.0000000160. The molecule has 0 rings (SSSR count). The van der Waals surface area contributed by atoms with E-state index in [0.29, 0.717) is 0 Å². The molecule has 0 aliphatic heterocycles. The summed E-state index contributed by atoms with van der Waals surface area (Å²) in [5.74, 6) is 0. The fourth-order valence-corrected chi connectivity index (χ4v) is 0. The molecule has 0 saturated carbocycles. The molecule has 0 aromatic carbocycles. The van der Waals surface area contributed by atoms with Crippen molar-refractivity contribution < 1.29 is 67.1 Å². The van der Waals surface area contributed by atoms with E-state index in [1.807, 2.05) is 0 Å². The van der Waals surface area contributed by atoms with Crippen LogP contribution in [0, 0.1) is 0 Å². The zero-order chi connectivity index (χ0) is 5.41. The molecule has 0 bridgehead atoms. The Morgan fingerprint density at radius 3 is 1.00 bits per heavy atom. The van der Waals surface area contributed by atoms with Gasteiger partial charge in [-0.2, -0.15) is 0 Å². The fourth-order valence-electron chi connectivity index (χ4n) is 0. The molecule has 0 saturated heterocycles. The van der Waals surface area contributed by atoms with Gasteiger partial charge in [-0.25, -0.2) is 0 Å². The van der Waals surface area contributed by atoms with Gasteiger partial charge >= 0.3 is 51.4 Å². The van der Waals surface area contributed by atoms with E-state index in [1.165, 1.54) is 0 Å². The summed E-state index contributed by atoms with van der Waals surface area (Å²) in [5.41, 5.74) is 0. The normalized spacial score (nSPS) is 4.50. The van der Waals surface area contributed by atoms with Crippen molar-refractivity contribution in [3.63, 3.8) is 0 Å². The SMILES string of the molecule is CCO.CCO.[K+].[OH-]. The number of rotatable bonds is 0. The number of hydrogen-bond donors (Lipinski definition) is 2. The van der Waals surface area contributed by atoms with Crippen LogP contribution in [-0.2, 0) is 0 Å². The first-order chi connectivity index (χ1) is 2.83. The molecule has 3 nitrogen and oxygen atoms in total. The zero-order valence-corrected chi connectivity index (χ0v) is 8.88. The summed E-state index contributed by atoms with van der Waals surface area (Å²) in [6.07, 6.45) is 0. The molecule has 0 aromatic rings. The number of aliphatic hydroxyl groups excluding tert-OH is 2. The van der Waals surface area contributed by atoms with Crippen LogP contribution < -0.4 is 51.4 Å². The van der Waals surface area contributed by atoms with Gasteiger partial charge in [0, 0.05) is 13.2 Å². The van der Waals surface area contributed by atoms with Gasteiger partial charge in [-0.1, -0.05) is 0 Å². The fraction of sp³-hybridized carbons (Fsp3) is 1.00. The van der Waals surface area contributed by atoms with E-state index < -0.39 is 0 Å². The quantitative estimate of drug-likeness (QED) is 0.356. The maximum Gasteiger partial charge on any atom is 1.00 e. The van der Waals surface area contributed by atoms with Crippen LogP contribution in [0.4, 0.5) is 0 Å². The van der Waals surface area contributed by atoms with E-state index in [-0.39, 0.29) is 70.1 Å². The van der Waals surface area contributed by atoms with Crippen LogP contribution in [0.1, 0.15) is 13.8 Å². The first-order valence-corrected chi connectivity index (χ1v) is 2.05. The number of hydrogen-bond acceptors (Lipinski definition) is 3. The van der Waals surface area contributed by atoms with Gasteiger partial charge in [0.05, 0.1) is 0 Å². The van der Waals surface area contributed by atoms with Crippen molar-refractivity contribution in [2.75, 3.05) is 13.2 Å². The summed E-state index contributed by atoms with van der Waals surface area (Å²) in [6, 6.07) is 0. The van der Waals surface area contributed by atoms with Crippen LogP contribution in [0.2, 0.25) is 0 Å². The minimum absolute atomic E-state index is 0. The van der Waals surface area contributed by atoms with Crippen molar-refractivity contribution >= 4 is 0 Å². The molecule has 0 amide bonds. The van der Waals surface area contributed by atoms with Gasteiger partial charge in [0.15, 0.2) is 0 Å². The summed E-state index contributed by atoms with van der Waals surface area (Å²) in [7, 11) is 0. The van der Waals surface area contributed by atoms with E-state index in [0.717, 1.165) is 0 Å². The molecule has 0 spiro atoms. The molecule has 0 aromatic heterocycles. The molecule has 0 unspecified atom stereocenters. The van der Waals surface area contributed by atoms with E-state index >= 15 is 0 Å². The molecule has 4 heteroatoms. The van der Waals surface area contributed by atoms with Gasteiger partial charge < -0.3 is 15.7 Å². The molecule has 0 atom stereocenters. The Hall–Kier alpha value is 1.52. The van der Waals surface area contributed by atoms with E-state index in [1.54, 1.807) is 13.8 Å². The van der Waals surface area contributed by atoms with Crippen molar-refractivity contribution in [2.24, 2.45) is 0 Å². The minimum Gasteiger partial charge on any atom is -0.870 e. The second-order valence-electron chi connectivity index (χ2n) is 0.632. The molecular formula is C4H13KO3. The average molecular weight is 148 g/mol. The van der Waals surface area contributed by atoms with Crippen LogP contribution >= 0.6 is 0 Å². The smallest absolute Gasteiger partial charge is 0.870 e. The minimum atomic E-state index is 0. The van der Waals surface area contributed by atoms with Crippen molar-refractivity contribution in [1.82, 2.24) is 0 Å². The Morgan fingerprint density at radius 2 is 1.00 bits per heavy atom. The summed E-state index contributed by atoms with van der Waals surface area (Å²) >= 11 is 0.